The third kappa shape index (κ3) is 11.5. The molecule has 7 unspecified atom stereocenters. The zero-order valence-corrected chi connectivity index (χ0v) is 28.7. The molecule has 2 aliphatic rings. The van der Waals surface area contributed by atoms with E-state index in [4.69, 9.17) is 9.47 Å². The van der Waals surface area contributed by atoms with Gasteiger partial charge in [0.25, 0.3) is 5.91 Å². The van der Waals surface area contributed by atoms with Gasteiger partial charge in [0.2, 0.25) is 11.8 Å². The van der Waals surface area contributed by atoms with Gasteiger partial charge in [0.05, 0.1) is 30.4 Å². The lowest BCUT2D eigenvalue weighted by Crippen LogP contribution is -2.91. The second-order valence-electron chi connectivity index (χ2n) is 12.5. The van der Waals surface area contributed by atoms with Crippen molar-refractivity contribution in [3.63, 3.8) is 0 Å². The van der Waals surface area contributed by atoms with E-state index in [0.717, 1.165) is 0 Å². The van der Waals surface area contributed by atoms with E-state index in [9.17, 15) is 24.3 Å². The van der Waals surface area contributed by atoms with Crippen LogP contribution in [0, 0.1) is 17.8 Å². The van der Waals surface area contributed by atoms with Gasteiger partial charge < -0.3 is 25.2 Å². The molecule has 12 heteroatoms. The summed E-state index contributed by atoms with van der Waals surface area (Å²) >= 11 is 0. The number of amides is 4. The molecule has 0 spiro atoms. The molecule has 0 aliphatic carbocycles. The number of hydrazine groups is 1. The van der Waals surface area contributed by atoms with E-state index in [1.807, 2.05) is 45.1 Å². The van der Waals surface area contributed by atoms with Crippen LogP contribution in [0.1, 0.15) is 67.2 Å². The number of hydrogen-bond donors (Lipinski definition) is 5. The molecule has 1 fully saturated rings. The number of rotatable bonds is 6. The maximum absolute atomic E-state index is 13.9. The van der Waals surface area contributed by atoms with Crippen LogP contribution in [0.4, 0.5) is 0 Å². The van der Waals surface area contributed by atoms with Gasteiger partial charge >= 0.3 is 5.91 Å². The Labute approximate surface area is 274 Å². The predicted octanol–water partition coefficient (Wildman–Crippen LogP) is 1.81. The molecular formula is C34H56N5O7+. The molecule has 0 saturated carbocycles. The molecule has 12 nitrogen and oxygen atoms in total. The Hall–Kier alpha value is -3.32. The number of nitrogens with one attached hydrogen (secondary N) is 3. The van der Waals surface area contributed by atoms with E-state index in [0.29, 0.717) is 37.9 Å². The number of quaternary nitrogens is 1. The first-order chi connectivity index (χ1) is 21.8. The average Bonchev–Trinajstić information content (AvgIpc) is 3.02. The maximum Gasteiger partial charge on any atom is 0.329 e. The van der Waals surface area contributed by atoms with E-state index in [2.05, 4.69) is 16.1 Å². The molecule has 0 aromatic rings. The van der Waals surface area contributed by atoms with E-state index in [1.165, 1.54) is 11.9 Å². The van der Waals surface area contributed by atoms with Gasteiger partial charge in [-0.3, -0.25) is 24.7 Å². The van der Waals surface area contributed by atoms with Gasteiger partial charge in [-0.2, -0.15) is 0 Å². The molecule has 2 bridgehead atoms. The van der Waals surface area contributed by atoms with Crippen molar-refractivity contribution in [3.8, 4) is 0 Å². The van der Waals surface area contributed by atoms with Crippen LogP contribution in [0.5, 0.6) is 0 Å². The highest BCUT2D eigenvalue weighted by molar-refractivity contribution is 5.93. The van der Waals surface area contributed by atoms with Gasteiger partial charge in [0.1, 0.15) is 18.1 Å². The molecule has 0 aromatic heterocycles. The van der Waals surface area contributed by atoms with Gasteiger partial charge in [-0.25, -0.2) is 10.2 Å². The summed E-state index contributed by atoms with van der Waals surface area (Å²) in [6, 6.07) is -2.53. The summed E-state index contributed by atoms with van der Waals surface area (Å²) in [5, 5.41) is 18.8. The highest BCUT2D eigenvalue weighted by Crippen LogP contribution is 2.23. The summed E-state index contributed by atoms with van der Waals surface area (Å²) in [4.78, 5) is 54.4. The molecule has 4 amide bonds. The van der Waals surface area contributed by atoms with Crippen LogP contribution in [-0.4, -0.2) is 91.4 Å². The number of carbonyl (C=O) groups excluding carboxylic acids is 4. The Morgan fingerprint density at radius 1 is 1.11 bits per heavy atom. The second-order valence-corrected chi connectivity index (χ2v) is 12.5. The van der Waals surface area contributed by atoms with Crippen molar-refractivity contribution in [2.45, 2.75) is 97.6 Å². The number of nitrogens with zero attached hydrogens (tertiary/aromatic N) is 1. The lowest BCUT2D eigenvalue weighted by Gasteiger charge is -2.35. The Kier molecular flexibility index (Phi) is 16.4. The van der Waals surface area contributed by atoms with Crippen molar-refractivity contribution in [2.75, 3.05) is 27.3 Å². The van der Waals surface area contributed by atoms with Gasteiger partial charge in [-0.05, 0) is 44.3 Å². The molecule has 258 valence electrons. The fourth-order valence-electron chi connectivity index (χ4n) is 5.88. The SMILES string of the molecule is CC=C(C=C(C)O)CC1NC(=O)C(C(C)C)NC(=O)C(C)C(OC)C(C)C(OC)C=CC=CCC[NH2+]C(=O)C2CCCN(N2)C1=O. The van der Waals surface area contributed by atoms with Gasteiger partial charge in [-0.1, -0.05) is 58.1 Å². The van der Waals surface area contributed by atoms with Crippen molar-refractivity contribution in [1.29, 1.82) is 0 Å². The van der Waals surface area contributed by atoms with Gasteiger partial charge in [0.15, 0.2) is 0 Å². The topological polar surface area (TPSA) is 163 Å². The first-order valence-electron chi connectivity index (χ1n) is 16.3. The Bertz CT molecular complexity index is 1160. The van der Waals surface area contributed by atoms with Crippen LogP contribution in [0.15, 0.2) is 47.8 Å². The van der Waals surface area contributed by atoms with Crippen molar-refractivity contribution in [2.24, 2.45) is 17.8 Å². The smallest absolute Gasteiger partial charge is 0.329 e. The standard InChI is InChI=1S/C34H55N5O7/c1-9-25(19-22(4)40)20-27-34(44)39-18-14-15-26(38-39)32(42)35-17-13-11-10-12-16-28(45-7)23(5)30(46-8)24(6)31(41)37-29(21(2)3)33(43)36-27/h9-12,16,19,21,23-24,26-30,38,40H,13-15,17-18,20H2,1-8H3,(H,35,42)(H,36,43)(H,37,41)/p+1. The van der Waals surface area contributed by atoms with Crippen LogP contribution < -0.4 is 21.4 Å². The monoisotopic (exact) mass is 646 g/mol. The van der Waals surface area contributed by atoms with Crippen LogP contribution in [0.3, 0.4) is 0 Å². The minimum absolute atomic E-state index is 0.0619. The van der Waals surface area contributed by atoms with Crippen molar-refractivity contribution < 1.29 is 39.1 Å². The lowest BCUT2D eigenvalue weighted by molar-refractivity contribution is -0.569. The first kappa shape index (κ1) is 38.9. The number of methoxy groups -OCH3 is 2. The third-order valence-electron chi connectivity index (χ3n) is 8.58. The van der Waals surface area contributed by atoms with Crippen LogP contribution in [0.2, 0.25) is 0 Å². The molecule has 2 rings (SSSR count). The number of nitrogens with two attached hydrogens (primary N) is 1. The number of primary amides is 1. The minimum Gasteiger partial charge on any atom is -0.513 e. The highest BCUT2D eigenvalue weighted by Gasteiger charge is 2.38. The molecule has 0 aromatic carbocycles. The lowest BCUT2D eigenvalue weighted by atomic mass is 9.87. The normalized spacial score (nSPS) is 30.5. The van der Waals surface area contributed by atoms with Crippen molar-refractivity contribution in [3.05, 3.63) is 47.8 Å². The fourth-order valence-corrected chi connectivity index (χ4v) is 5.88. The Morgan fingerprint density at radius 2 is 1.83 bits per heavy atom. The summed E-state index contributed by atoms with van der Waals surface area (Å²) in [5.74, 6) is -2.45. The molecule has 1 saturated heterocycles. The quantitative estimate of drug-likeness (QED) is 0.216. The Balaban J connectivity index is 2.49. The molecule has 6 N–H and O–H groups in total. The van der Waals surface area contributed by atoms with Crippen molar-refractivity contribution >= 4 is 23.6 Å². The Morgan fingerprint density at radius 3 is 2.43 bits per heavy atom. The van der Waals surface area contributed by atoms with Crippen LogP contribution in [0.25, 0.3) is 0 Å². The van der Waals surface area contributed by atoms with Crippen LogP contribution >= 0.6 is 0 Å². The molecule has 2 heterocycles. The van der Waals surface area contributed by atoms with E-state index < -0.39 is 42.0 Å². The maximum atomic E-state index is 13.9. The second kappa shape index (κ2) is 19.4. The van der Waals surface area contributed by atoms with E-state index in [1.54, 1.807) is 45.5 Å². The number of allylic oxidation sites excluding steroid dienone is 5. The summed E-state index contributed by atoms with van der Waals surface area (Å²) in [6.07, 6.45) is 12.1. The average molecular weight is 647 g/mol. The first-order valence-corrected chi connectivity index (χ1v) is 16.3. The summed E-state index contributed by atoms with van der Waals surface area (Å²) in [6.45, 7) is 11.6. The molecule has 2 aliphatic heterocycles. The molecule has 46 heavy (non-hydrogen) atoms. The number of aliphatic hydroxyl groups is 1. The van der Waals surface area contributed by atoms with E-state index >= 15 is 0 Å². The van der Waals surface area contributed by atoms with E-state index in [-0.39, 0.29) is 41.9 Å². The summed E-state index contributed by atoms with van der Waals surface area (Å²) in [5.41, 5.74) is 3.72. The largest absolute Gasteiger partial charge is 0.513 e. The number of ether oxygens (including phenoxy) is 2. The van der Waals surface area contributed by atoms with Crippen LogP contribution in [-0.2, 0) is 28.7 Å². The van der Waals surface area contributed by atoms with Crippen molar-refractivity contribution in [1.82, 2.24) is 21.1 Å². The number of aliphatic hydroxyl groups excluding tert-OH is 1. The van der Waals surface area contributed by atoms with Gasteiger partial charge in [-0.15, -0.1) is 0 Å². The summed E-state index contributed by atoms with van der Waals surface area (Å²) in [7, 11) is 3.15. The minimum atomic E-state index is -1.03. The number of fused-ring (bicyclic) bond motifs is 2. The number of carbonyl (C=O) groups is 4. The zero-order chi connectivity index (χ0) is 34.4. The summed E-state index contributed by atoms with van der Waals surface area (Å²) < 4.78 is 11.5. The molecular weight excluding hydrogens is 590 g/mol. The highest BCUT2D eigenvalue weighted by atomic mass is 16.5. The third-order valence-corrected chi connectivity index (χ3v) is 8.58. The fraction of sp³-hybridized carbons (Fsp3) is 0.647. The molecule has 0 radical (unpaired) electrons. The number of hydrogen-bond acceptors (Lipinski definition) is 8. The van der Waals surface area contributed by atoms with Gasteiger partial charge in [0, 0.05) is 39.5 Å². The zero-order valence-electron chi connectivity index (χ0n) is 28.7. The molecule has 7 atom stereocenters. The predicted molar refractivity (Wildman–Crippen MR) is 176 cm³/mol.